The van der Waals surface area contributed by atoms with E-state index in [1.807, 2.05) is 30.3 Å². The lowest BCUT2D eigenvalue weighted by atomic mass is 9.73. The fourth-order valence-electron chi connectivity index (χ4n) is 5.68. The number of amides is 2. The molecule has 2 atom stereocenters. The van der Waals surface area contributed by atoms with Crippen molar-refractivity contribution in [1.29, 1.82) is 0 Å². The summed E-state index contributed by atoms with van der Waals surface area (Å²) in [5, 5.41) is 4.71. The zero-order valence-corrected chi connectivity index (χ0v) is 31.3. The molecule has 1 aliphatic heterocycles. The lowest BCUT2D eigenvalue weighted by molar-refractivity contribution is -0.125. The van der Waals surface area contributed by atoms with Crippen LogP contribution in [0.1, 0.15) is 68.4 Å². The average Bonchev–Trinajstić information content (AvgIpc) is 3.08. The highest BCUT2D eigenvalue weighted by Crippen LogP contribution is 2.58. The van der Waals surface area contributed by atoms with Crippen LogP contribution in [-0.4, -0.2) is 110 Å². The topological polar surface area (TPSA) is 247 Å². The molecule has 2 amide bonds. The summed E-state index contributed by atoms with van der Waals surface area (Å²) in [6.45, 7) is 6.80. The van der Waals surface area contributed by atoms with E-state index < -0.39 is 45.8 Å². The number of alkyl carbamates (subject to hydrolysis) is 1. The van der Waals surface area contributed by atoms with Crippen molar-refractivity contribution in [2.75, 3.05) is 39.5 Å². The first-order valence-electron chi connectivity index (χ1n) is 17.3. The molecule has 1 aromatic heterocycles. The van der Waals surface area contributed by atoms with Gasteiger partial charge in [0.15, 0.2) is 5.78 Å². The largest absolute Gasteiger partial charge is 0.480 e. The molecule has 52 heavy (non-hydrogen) atoms. The molecular formula is C32H50BN5O12P2. The van der Waals surface area contributed by atoms with Crippen molar-refractivity contribution >= 4 is 40.1 Å². The maximum atomic E-state index is 13.9. The van der Waals surface area contributed by atoms with Gasteiger partial charge < -0.3 is 43.8 Å². The minimum Gasteiger partial charge on any atom is -0.450 e. The highest BCUT2D eigenvalue weighted by atomic mass is 31.2. The van der Waals surface area contributed by atoms with Gasteiger partial charge in [-0.1, -0.05) is 44.2 Å². The monoisotopic (exact) mass is 769 g/mol. The fraction of sp³-hybridized carbons (Fsp3) is 0.594. The van der Waals surface area contributed by atoms with E-state index in [1.165, 1.54) is 18.6 Å². The summed E-state index contributed by atoms with van der Waals surface area (Å²) in [6.07, 6.45) is 6.28. The Labute approximate surface area is 304 Å². The second kappa shape index (κ2) is 21.6. The van der Waals surface area contributed by atoms with Gasteiger partial charge in [-0.25, -0.2) is 9.78 Å². The summed E-state index contributed by atoms with van der Waals surface area (Å²) in [5.41, 5.74) is -1.54. The van der Waals surface area contributed by atoms with E-state index in [0.29, 0.717) is 71.4 Å². The molecule has 1 aliphatic rings. The van der Waals surface area contributed by atoms with E-state index in [1.54, 1.807) is 5.32 Å². The standard InChI is InChI=1S/C32H50BN5O12P2/c1-24(2)20-29(36-30(40)26(21-25-10-4-3-5-11-25)22-28(39)27-23-34-12-13-35-27)33-49-18-8-15-38(16-9-19-50-33)14-6-7-17-48-31(41)37-32(51(42,43)44)52(45,46)47/h3-5,10-13,23-24,26,29,32H,6-9,14-22H2,1-2H3,(H,36,40)(H,37,41)(H2,42,43,44)(H2,45,46,47)/t26-,29-/m1/s1. The molecule has 0 bridgehead atoms. The summed E-state index contributed by atoms with van der Waals surface area (Å²) >= 11 is 0. The molecule has 288 valence electrons. The molecule has 17 nitrogen and oxygen atoms in total. The van der Waals surface area contributed by atoms with Crippen molar-refractivity contribution in [2.45, 2.75) is 70.3 Å². The summed E-state index contributed by atoms with van der Waals surface area (Å²) in [4.78, 5) is 85.7. The Bertz CT molecular complexity index is 1470. The first-order chi connectivity index (χ1) is 24.6. The third kappa shape index (κ3) is 15.9. The third-order valence-electron chi connectivity index (χ3n) is 8.15. The maximum absolute atomic E-state index is 13.9. The minimum atomic E-state index is -5.32. The van der Waals surface area contributed by atoms with Gasteiger partial charge in [-0.15, -0.1) is 0 Å². The molecule has 0 spiro atoms. The number of nitrogens with one attached hydrogen (secondary N) is 2. The molecule has 1 aromatic carbocycles. The van der Waals surface area contributed by atoms with E-state index in [0.717, 1.165) is 5.56 Å². The molecule has 0 radical (unpaired) electrons. The zero-order valence-electron chi connectivity index (χ0n) is 29.5. The van der Waals surface area contributed by atoms with Crippen LogP contribution in [0.25, 0.3) is 0 Å². The first kappa shape index (κ1) is 43.4. The summed E-state index contributed by atoms with van der Waals surface area (Å²) in [5.74, 6) is -1.44. The summed E-state index contributed by atoms with van der Waals surface area (Å²) < 4.78 is 39.9. The number of ether oxygens (including phenoxy) is 1. The number of rotatable bonds is 18. The van der Waals surface area contributed by atoms with Crippen LogP contribution < -0.4 is 10.6 Å². The summed E-state index contributed by atoms with van der Waals surface area (Å²) in [7, 11) is -11.3. The number of hydrogen-bond acceptors (Lipinski definition) is 11. The molecule has 3 rings (SSSR count). The number of benzene rings is 1. The molecule has 0 saturated carbocycles. The number of nitrogens with zero attached hydrogens (tertiary/aromatic N) is 3. The van der Waals surface area contributed by atoms with Crippen LogP contribution in [0.15, 0.2) is 48.9 Å². The van der Waals surface area contributed by atoms with E-state index in [-0.39, 0.29) is 36.3 Å². The average molecular weight is 770 g/mol. The van der Waals surface area contributed by atoms with E-state index in [2.05, 4.69) is 34.0 Å². The van der Waals surface area contributed by atoms with Gasteiger partial charge in [-0.05, 0) is 56.6 Å². The van der Waals surface area contributed by atoms with E-state index in [4.69, 9.17) is 33.6 Å². The number of aromatic nitrogens is 2. The van der Waals surface area contributed by atoms with Crippen molar-refractivity contribution in [3.8, 4) is 0 Å². The van der Waals surface area contributed by atoms with Gasteiger partial charge in [0.05, 0.1) is 18.7 Å². The van der Waals surface area contributed by atoms with E-state index in [9.17, 15) is 23.5 Å². The highest BCUT2D eigenvalue weighted by Gasteiger charge is 2.45. The van der Waals surface area contributed by atoms with Crippen LogP contribution >= 0.6 is 15.2 Å². The van der Waals surface area contributed by atoms with Crippen molar-refractivity contribution in [1.82, 2.24) is 25.5 Å². The molecule has 20 heteroatoms. The Morgan fingerprint density at radius 3 is 2.19 bits per heavy atom. The van der Waals surface area contributed by atoms with Crippen molar-refractivity contribution < 1.29 is 57.1 Å². The second-order valence-electron chi connectivity index (χ2n) is 13.0. The van der Waals surface area contributed by atoms with Crippen LogP contribution in [-0.2, 0) is 34.4 Å². The molecule has 0 unspecified atom stereocenters. The van der Waals surface area contributed by atoms with Crippen molar-refractivity contribution in [2.24, 2.45) is 11.8 Å². The SMILES string of the molecule is CC(C)C[C@@H](NC(=O)[C@@H](CC(=O)c1cnccn1)Cc1ccccc1)B1OCCCN(CCCCOC(=O)NC(P(=O)(O)O)P(=O)(O)O)CCCO1. The number of ketones is 1. The van der Waals surface area contributed by atoms with Gasteiger partial charge in [-0.3, -0.25) is 29.0 Å². The molecule has 0 aliphatic carbocycles. The minimum absolute atomic E-state index is 0.0387. The predicted molar refractivity (Wildman–Crippen MR) is 191 cm³/mol. The van der Waals surface area contributed by atoms with Crippen LogP contribution in [0.4, 0.5) is 4.79 Å². The summed E-state index contributed by atoms with van der Waals surface area (Å²) in [6, 6.07) is 9.53. The Hall–Kier alpha value is -3.05. The second-order valence-corrected chi connectivity index (χ2v) is 16.8. The molecule has 2 heterocycles. The normalized spacial score (nSPS) is 16.3. The third-order valence-corrected chi connectivity index (χ3v) is 11.5. The molecule has 6 N–H and O–H groups in total. The Balaban J connectivity index is 1.52. The molecule has 1 saturated heterocycles. The van der Waals surface area contributed by atoms with Crippen LogP contribution in [0.5, 0.6) is 0 Å². The van der Waals surface area contributed by atoms with Crippen molar-refractivity contribution in [3.05, 3.63) is 60.2 Å². The Kier molecular flexibility index (Phi) is 18.0. The van der Waals surface area contributed by atoms with Crippen molar-refractivity contribution in [3.63, 3.8) is 0 Å². The lowest BCUT2D eigenvalue weighted by Crippen LogP contribution is -2.52. The number of unbranched alkanes of at least 4 members (excludes halogenated alkanes) is 1. The van der Waals surface area contributed by atoms with Gasteiger partial charge in [0.25, 0.3) is 0 Å². The number of Topliss-reactive ketones (excluding diaryl/α,β-unsaturated/α-hetero) is 1. The van der Waals surface area contributed by atoms with Gasteiger partial charge in [0.1, 0.15) is 5.69 Å². The number of hydrogen-bond donors (Lipinski definition) is 6. The smallest absolute Gasteiger partial charge is 0.450 e. The maximum Gasteiger partial charge on any atom is 0.480 e. The zero-order chi connectivity index (χ0) is 38.1. The quantitative estimate of drug-likeness (QED) is 0.0552. The lowest BCUT2D eigenvalue weighted by Gasteiger charge is -2.30. The molecule has 2 aromatic rings. The number of carbonyl (C=O) groups is 3. The van der Waals surface area contributed by atoms with Gasteiger partial charge >= 0.3 is 28.4 Å². The Morgan fingerprint density at radius 1 is 0.962 bits per heavy atom. The first-order valence-corrected chi connectivity index (χ1v) is 20.6. The number of carbonyl (C=O) groups excluding carboxylic acids is 3. The van der Waals surface area contributed by atoms with Gasteiger partial charge in [-0.2, -0.15) is 0 Å². The van der Waals surface area contributed by atoms with Gasteiger partial charge in [0.2, 0.25) is 11.4 Å². The van der Waals surface area contributed by atoms with Gasteiger partial charge in [0, 0.05) is 51.0 Å². The van der Waals surface area contributed by atoms with Crippen LogP contribution in [0, 0.1) is 11.8 Å². The van der Waals surface area contributed by atoms with E-state index >= 15 is 0 Å². The molecular weight excluding hydrogens is 719 g/mol. The van der Waals surface area contributed by atoms with Crippen LogP contribution in [0.3, 0.4) is 0 Å². The predicted octanol–water partition coefficient (Wildman–Crippen LogP) is 2.74. The highest BCUT2D eigenvalue weighted by molar-refractivity contribution is 7.70. The molecule has 1 fully saturated rings. The Morgan fingerprint density at radius 2 is 1.62 bits per heavy atom. The fourth-order valence-corrected chi connectivity index (χ4v) is 7.79. The van der Waals surface area contributed by atoms with Crippen LogP contribution in [0.2, 0.25) is 0 Å².